The van der Waals surface area contributed by atoms with Crippen LogP contribution in [0.1, 0.15) is 70.8 Å². The summed E-state index contributed by atoms with van der Waals surface area (Å²) in [5, 5.41) is 0. The lowest BCUT2D eigenvalue weighted by molar-refractivity contribution is 0.289. The Morgan fingerprint density at radius 1 is 1.16 bits per heavy atom. The molecule has 1 aromatic rings. The summed E-state index contributed by atoms with van der Waals surface area (Å²) in [5.41, 5.74) is 0.424. The van der Waals surface area contributed by atoms with Gasteiger partial charge in [0.1, 0.15) is 11.6 Å². The fourth-order valence-electron chi connectivity index (χ4n) is 3.51. The third-order valence-electron chi connectivity index (χ3n) is 5.02. The van der Waals surface area contributed by atoms with Crippen LogP contribution in [0.2, 0.25) is 0 Å². The number of rotatable bonds is 7. The summed E-state index contributed by atoms with van der Waals surface area (Å²) in [7, 11) is 0. The summed E-state index contributed by atoms with van der Waals surface area (Å²) in [4.78, 5) is 0. The highest BCUT2D eigenvalue weighted by Crippen LogP contribution is 2.32. The van der Waals surface area contributed by atoms with E-state index in [1.165, 1.54) is 57.4 Å². The minimum atomic E-state index is -0.320. The first-order chi connectivity index (χ1) is 12.2. The van der Waals surface area contributed by atoms with Gasteiger partial charge in [0, 0.05) is 6.07 Å². The van der Waals surface area contributed by atoms with Gasteiger partial charge in [0.2, 0.25) is 0 Å². The lowest BCUT2D eigenvalue weighted by atomic mass is 9.79. The van der Waals surface area contributed by atoms with Crippen molar-refractivity contribution in [1.29, 1.82) is 0 Å². The second-order valence-corrected chi connectivity index (χ2v) is 6.98. The second kappa shape index (κ2) is 11.0. The smallest absolute Gasteiger partial charge is 0.142 e. The van der Waals surface area contributed by atoms with E-state index in [0.29, 0.717) is 23.8 Å². The molecule has 0 spiro atoms. The molecule has 0 amide bonds. The maximum atomic E-state index is 13.9. The number of allylic oxidation sites excluding steroid dienone is 2. The summed E-state index contributed by atoms with van der Waals surface area (Å²) in [5.74, 6) is 7.68. The van der Waals surface area contributed by atoms with Crippen molar-refractivity contribution in [2.75, 3.05) is 6.61 Å². The Hall–Kier alpha value is -1.75. The minimum absolute atomic E-state index is 0.320. The van der Waals surface area contributed by atoms with Crippen LogP contribution in [0.15, 0.2) is 30.4 Å². The largest absolute Gasteiger partial charge is 0.494 e. The van der Waals surface area contributed by atoms with E-state index in [9.17, 15) is 4.39 Å². The summed E-state index contributed by atoms with van der Waals surface area (Å²) in [6.45, 7) is 4.69. The van der Waals surface area contributed by atoms with Crippen LogP contribution in [0.3, 0.4) is 0 Å². The van der Waals surface area contributed by atoms with Crippen LogP contribution >= 0.6 is 0 Å². The van der Waals surface area contributed by atoms with Crippen molar-refractivity contribution in [3.05, 3.63) is 41.7 Å². The number of ether oxygens (including phenoxy) is 1. The Balaban J connectivity index is 1.78. The summed E-state index contributed by atoms with van der Waals surface area (Å²) < 4.78 is 19.2. The van der Waals surface area contributed by atoms with E-state index in [0.717, 1.165) is 5.92 Å². The molecule has 1 aliphatic rings. The highest BCUT2D eigenvalue weighted by atomic mass is 19.1. The number of hydrogen-bond acceptors (Lipinski definition) is 1. The lowest BCUT2D eigenvalue weighted by Gasteiger charge is -2.26. The normalized spacial score (nSPS) is 20.3. The SMILES string of the molecule is CCCCC[C@H]1CC[C@H](C=CC#Cc2ccc(OCC)cc2F)CC1. The average Bonchev–Trinajstić information content (AvgIpc) is 2.62. The zero-order chi connectivity index (χ0) is 17.9. The maximum absolute atomic E-state index is 13.9. The van der Waals surface area contributed by atoms with Gasteiger partial charge in [0.25, 0.3) is 0 Å². The Morgan fingerprint density at radius 3 is 2.64 bits per heavy atom. The Kier molecular flexibility index (Phi) is 8.60. The number of unbranched alkanes of at least 4 members (excludes halogenated alkanes) is 2. The highest BCUT2D eigenvalue weighted by molar-refractivity contribution is 5.41. The molecule has 0 bridgehead atoms. The van der Waals surface area contributed by atoms with E-state index in [4.69, 9.17) is 4.74 Å². The third kappa shape index (κ3) is 6.94. The van der Waals surface area contributed by atoms with Gasteiger partial charge in [-0.15, -0.1) is 0 Å². The van der Waals surface area contributed by atoms with E-state index in [1.807, 2.05) is 13.0 Å². The number of hydrogen-bond donors (Lipinski definition) is 0. The van der Waals surface area contributed by atoms with Crippen molar-refractivity contribution >= 4 is 0 Å². The van der Waals surface area contributed by atoms with Gasteiger partial charge < -0.3 is 4.74 Å². The topological polar surface area (TPSA) is 9.23 Å². The van der Waals surface area contributed by atoms with Crippen LogP contribution in [-0.4, -0.2) is 6.61 Å². The molecule has 0 N–H and O–H groups in total. The first kappa shape index (κ1) is 19.6. The first-order valence-corrected chi connectivity index (χ1v) is 9.83. The van der Waals surface area contributed by atoms with Crippen molar-refractivity contribution in [1.82, 2.24) is 0 Å². The van der Waals surface area contributed by atoms with Crippen molar-refractivity contribution in [3.8, 4) is 17.6 Å². The second-order valence-electron chi connectivity index (χ2n) is 6.98. The molecule has 25 heavy (non-hydrogen) atoms. The first-order valence-electron chi connectivity index (χ1n) is 9.83. The Labute approximate surface area is 152 Å². The van der Waals surface area contributed by atoms with Gasteiger partial charge in [-0.25, -0.2) is 4.39 Å². The van der Waals surface area contributed by atoms with E-state index >= 15 is 0 Å². The van der Waals surface area contributed by atoms with Crippen LogP contribution in [0.25, 0.3) is 0 Å². The van der Waals surface area contributed by atoms with E-state index in [1.54, 1.807) is 12.1 Å². The molecule has 1 aromatic carbocycles. The number of benzene rings is 1. The molecule has 2 heteroatoms. The molecule has 2 rings (SSSR count). The van der Waals surface area contributed by atoms with Crippen LogP contribution in [-0.2, 0) is 0 Å². The minimum Gasteiger partial charge on any atom is -0.494 e. The summed E-state index contributed by atoms with van der Waals surface area (Å²) in [6, 6.07) is 4.85. The molecule has 1 saturated carbocycles. The highest BCUT2D eigenvalue weighted by Gasteiger charge is 2.18. The Bertz CT molecular complexity index is 600. The van der Waals surface area contributed by atoms with Crippen LogP contribution < -0.4 is 4.74 Å². The lowest BCUT2D eigenvalue weighted by Crippen LogP contribution is -2.12. The van der Waals surface area contributed by atoms with Gasteiger partial charge in [-0.2, -0.15) is 0 Å². The molecular weight excluding hydrogens is 311 g/mol. The van der Waals surface area contributed by atoms with Crippen molar-refractivity contribution in [2.45, 2.75) is 65.2 Å². The van der Waals surface area contributed by atoms with E-state index in [2.05, 4.69) is 24.8 Å². The van der Waals surface area contributed by atoms with E-state index < -0.39 is 0 Å². The van der Waals surface area contributed by atoms with Crippen LogP contribution in [0.4, 0.5) is 4.39 Å². The fraction of sp³-hybridized carbons (Fsp3) is 0.565. The molecule has 0 heterocycles. The molecule has 0 atom stereocenters. The molecule has 1 aliphatic carbocycles. The standard InChI is InChI=1S/C23H31FO/c1-3-5-6-9-19-12-14-20(15-13-19)10-7-8-11-21-16-17-22(25-4-2)18-23(21)24/h7,10,16-20H,3-6,9,12-15H2,1-2H3/t19-,20-. The Morgan fingerprint density at radius 2 is 1.96 bits per heavy atom. The molecule has 1 fully saturated rings. The molecule has 0 saturated heterocycles. The van der Waals surface area contributed by atoms with Gasteiger partial charge in [0.05, 0.1) is 12.2 Å². The van der Waals surface area contributed by atoms with Gasteiger partial charge in [-0.05, 0) is 62.7 Å². The predicted octanol–water partition coefficient (Wildman–Crippen LogP) is 6.52. The third-order valence-corrected chi connectivity index (χ3v) is 5.02. The van der Waals surface area contributed by atoms with Crippen LogP contribution in [0, 0.1) is 29.5 Å². The molecule has 0 radical (unpaired) electrons. The number of halogens is 1. The zero-order valence-corrected chi connectivity index (χ0v) is 15.7. The molecule has 136 valence electrons. The van der Waals surface area contributed by atoms with Crippen molar-refractivity contribution in [3.63, 3.8) is 0 Å². The monoisotopic (exact) mass is 342 g/mol. The molecule has 1 nitrogen and oxygen atoms in total. The molecule has 0 unspecified atom stereocenters. The van der Waals surface area contributed by atoms with Crippen molar-refractivity contribution < 1.29 is 9.13 Å². The van der Waals surface area contributed by atoms with Gasteiger partial charge in [-0.3, -0.25) is 0 Å². The summed E-state index contributed by atoms with van der Waals surface area (Å²) >= 11 is 0. The zero-order valence-electron chi connectivity index (χ0n) is 15.7. The van der Waals surface area contributed by atoms with Crippen molar-refractivity contribution in [2.24, 2.45) is 11.8 Å². The predicted molar refractivity (Wildman–Crippen MR) is 103 cm³/mol. The quantitative estimate of drug-likeness (QED) is 0.405. The van der Waals surface area contributed by atoms with Gasteiger partial charge >= 0.3 is 0 Å². The molecule has 0 aromatic heterocycles. The average molecular weight is 342 g/mol. The molecule has 0 aliphatic heterocycles. The van der Waals surface area contributed by atoms with Gasteiger partial charge in [0.15, 0.2) is 0 Å². The summed E-state index contributed by atoms with van der Waals surface area (Å²) in [6.07, 6.45) is 14.8. The maximum Gasteiger partial charge on any atom is 0.142 e. The van der Waals surface area contributed by atoms with E-state index in [-0.39, 0.29) is 5.82 Å². The fourth-order valence-corrected chi connectivity index (χ4v) is 3.51. The van der Waals surface area contributed by atoms with Crippen LogP contribution in [0.5, 0.6) is 5.75 Å². The molecular formula is C23H31FO. The van der Waals surface area contributed by atoms with Gasteiger partial charge in [-0.1, -0.05) is 50.5 Å².